The molecule has 1 heterocycles. The molecule has 0 spiro atoms. The number of hydrogen-bond acceptors (Lipinski definition) is 4. The normalized spacial score (nSPS) is 27.6. The van der Waals surface area contributed by atoms with E-state index in [9.17, 15) is 9.90 Å². The molecule has 1 saturated heterocycles. The number of carbonyl (C=O) groups is 1. The van der Waals surface area contributed by atoms with E-state index in [0.29, 0.717) is 5.88 Å². The Hall–Kier alpha value is 1.42. The molecule has 0 bridgehead atoms. The number of nitrogens with one attached hydrogen (secondary N) is 1. The predicted octanol–water partition coefficient (Wildman–Crippen LogP) is -3.82. The first-order chi connectivity index (χ1) is 4.54. The van der Waals surface area contributed by atoms with Gasteiger partial charge in [-0.15, -0.1) is 11.8 Å². The van der Waals surface area contributed by atoms with Crippen molar-refractivity contribution in [2.24, 2.45) is 0 Å². The van der Waals surface area contributed by atoms with Crippen molar-refractivity contribution in [3.05, 3.63) is 0 Å². The Bertz CT molecular complexity index is 163. The summed E-state index contributed by atoms with van der Waals surface area (Å²) in [5.41, 5.74) is -0.316. The minimum absolute atomic E-state index is 0. The van der Waals surface area contributed by atoms with Crippen molar-refractivity contribution in [1.82, 2.24) is 5.32 Å². The van der Waals surface area contributed by atoms with Crippen LogP contribution in [-0.2, 0) is 4.79 Å². The number of carboxylic acids is 1. The molecule has 58 valence electrons. The van der Waals surface area contributed by atoms with Crippen LogP contribution in [0.1, 0.15) is 13.8 Å². The molecule has 1 N–H and O–H groups in total. The van der Waals surface area contributed by atoms with Crippen molar-refractivity contribution >= 4 is 17.7 Å². The van der Waals surface area contributed by atoms with Crippen LogP contribution in [0.15, 0.2) is 0 Å². The van der Waals surface area contributed by atoms with Gasteiger partial charge in [0.25, 0.3) is 0 Å². The molecule has 1 fully saturated rings. The van der Waals surface area contributed by atoms with E-state index in [0.717, 1.165) is 0 Å². The van der Waals surface area contributed by atoms with Gasteiger partial charge in [-0.2, -0.15) is 0 Å². The molecular formula is C6H10KNO2S. The first-order valence-electron chi connectivity index (χ1n) is 3.11. The summed E-state index contributed by atoms with van der Waals surface area (Å²) < 4.78 is 0. The Morgan fingerprint density at radius 2 is 2.27 bits per heavy atom. The van der Waals surface area contributed by atoms with Gasteiger partial charge < -0.3 is 15.2 Å². The van der Waals surface area contributed by atoms with Gasteiger partial charge in [0, 0.05) is 11.4 Å². The smallest absolute Gasteiger partial charge is 0.549 e. The average Bonchev–Trinajstić information content (AvgIpc) is 2.08. The van der Waals surface area contributed by atoms with Gasteiger partial charge in [-0.25, -0.2) is 0 Å². The zero-order valence-corrected chi connectivity index (χ0v) is 10.9. The van der Waals surface area contributed by atoms with E-state index in [1.807, 2.05) is 13.8 Å². The molecule has 3 nitrogen and oxygen atoms in total. The van der Waals surface area contributed by atoms with Gasteiger partial charge in [-0.3, -0.25) is 0 Å². The SMILES string of the molecule is CC1(C)NCS[C@H]1C(=O)[O-].[K+]. The number of thioether (sulfide) groups is 1. The molecule has 1 atom stereocenters. The van der Waals surface area contributed by atoms with Crippen LogP contribution in [0.3, 0.4) is 0 Å². The van der Waals surface area contributed by atoms with Gasteiger partial charge in [0.1, 0.15) is 0 Å². The molecule has 0 unspecified atom stereocenters. The quantitative estimate of drug-likeness (QED) is 0.440. The van der Waals surface area contributed by atoms with Crippen LogP contribution in [0, 0.1) is 0 Å². The van der Waals surface area contributed by atoms with E-state index in [1.165, 1.54) is 11.8 Å². The van der Waals surface area contributed by atoms with E-state index in [1.54, 1.807) is 0 Å². The summed E-state index contributed by atoms with van der Waals surface area (Å²) in [6.45, 7) is 3.74. The summed E-state index contributed by atoms with van der Waals surface area (Å²) in [6, 6.07) is 0. The van der Waals surface area contributed by atoms with E-state index >= 15 is 0 Å². The Kier molecular flexibility index (Phi) is 5.19. The third kappa shape index (κ3) is 2.98. The molecule has 0 aromatic heterocycles. The molecule has 5 heteroatoms. The number of aliphatic carboxylic acids is 1. The molecule has 1 aliphatic heterocycles. The molecule has 1 aliphatic rings. The summed E-state index contributed by atoms with van der Waals surface area (Å²) in [5, 5.41) is 13.1. The molecule has 0 saturated carbocycles. The largest absolute Gasteiger partial charge is 1.00 e. The maximum absolute atomic E-state index is 10.4. The third-order valence-corrected chi connectivity index (χ3v) is 3.07. The molecule has 0 amide bonds. The standard InChI is InChI=1S/C6H11NO2S.K/c1-6(2)4(5(8)9)10-3-7-6;/h4,7H,3H2,1-2H3,(H,8,9);/q;+1/p-1/t4-;/m0./s1. The van der Waals surface area contributed by atoms with Crippen molar-refractivity contribution < 1.29 is 61.3 Å². The summed E-state index contributed by atoms with van der Waals surface area (Å²) in [5.74, 6) is -0.272. The van der Waals surface area contributed by atoms with E-state index in [4.69, 9.17) is 0 Å². The third-order valence-electron chi connectivity index (χ3n) is 1.65. The molecule has 0 aromatic rings. The van der Waals surface area contributed by atoms with Crippen LogP contribution >= 0.6 is 11.8 Å². The van der Waals surface area contributed by atoms with Gasteiger partial charge in [-0.1, -0.05) is 0 Å². The van der Waals surface area contributed by atoms with Crippen molar-refractivity contribution in [2.45, 2.75) is 24.6 Å². The second-order valence-corrected chi connectivity index (χ2v) is 4.00. The van der Waals surface area contributed by atoms with Gasteiger partial charge in [-0.05, 0) is 13.8 Å². The van der Waals surface area contributed by atoms with Crippen molar-refractivity contribution in [2.75, 3.05) is 5.88 Å². The monoisotopic (exact) mass is 199 g/mol. The summed E-state index contributed by atoms with van der Waals surface area (Å²) in [4.78, 5) is 10.4. The molecule has 1 rings (SSSR count). The Morgan fingerprint density at radius 3 is 2.45 bits per heavy atom. The predicted molar refractivity (Wildman–Crippen MR) is 38.5 cm³/mol. The van der Waals surface area contributed by atoms with Gasteiger partial charge in [0.2, 0.25) is 0 Å². The Balaban J connectivity index is 0.000001000. The first kappa shape index (κ1) is 12.4. The minimum atomic E-state index is -0.972. The second kappa shape index (κ2) is 4.60. The zero-order chi connectivity index (χ0) is 7.78. The fraction of sp³-hybridized carbons (Fsp3) is 0.833. The molecule has 0 aliphatic carbocycles. The van der Waals surface area contributed by atoms with Crippen LogP contribution in [-0.4, -0.2) is 22.6 Å². The first-order valence-corrected chi connectivity index (χ1v) is 4.16. The van der Waals surface area contributed by atoms with E-state index < -0.39 is 11.2 Å². The maximum Gasteiger partial charge on any atom is 1.00 e. The van der Waals surface area contributed by atoms with Crippen molar-refractivity contribution in [1.29, 1.82) is 0 Å². The van der Waals surface area contributed by atoms with Gasteiger partial charge >= 0.3 is 51.4 Å². The van der Waals surface area contributed by atoms with E-state index in [-0.39, 0.29) is 56.9 Å². The van der Waals surface area contributed by atoms with Crippen molar-refractivity contribution in [3.8, 4) is 0 Å². The van der Waals surface area contributed by atoms with Crippen LogP contribution in [0.2, 0.25) is 0 Å². The summed E-state index contributed by atoms with van der Waals surface area (Å²) in [7, 11) is 0. The number of hydrogen-bond donors (Lipinski definition) is 1. The fourth-order valence-corrected chi connectivity index (χ4v) is 2.23. The Morgan fingerprint density at radius 1 is 1.73 bits per heavy atom. The topological polar surface area (TPSA) is 52.2 Å². The van der Waals surface area contributed by atoms with Crippen LogP contribution in [0.4, 0.5) is 0 Å². The number of carbonyl (C=O) groups excluding carboxylic acids is 1. The minimum Gasteiger partial charge on any atom is -0.549 e. The number of rotatable bonds is 1. The van der Waals surface area contributed by atoms with Gasteiger partial charge in [0.05, 0.1) is 11.2 Å². The fourth-order valence-electron chi connectivity index (χ4n) is 0.975. The molecule has 0 radical (unpaired) electrons. The maximum atomic E-state index is 10.4. The van der Waals surface area contributed by atoms with Crippen LogP contribution < -0.4 is 61.8 Å². The van der Waals surface area contributed by atoms with Gasteiger partial charge in [0.15, 0.2) is 0 Å². The zero-order valence-electron chi connectivity index (χ0n) is 7.01. The molecule has 11 heavy (non-hydrogen) atoms. The summed E-state index contributed by atoms with van der Waals surface area (Å²) >= 11 is 1.38. The summed E-state index contributed by atoms with van der Waals surface area (Å²) in [6.07, 6.45) is 0. The van der Waals surface area contributed by atoms with Crippen LogP contribution in [0.5, 0.6) is 0 Å². The van der Waals surface area contributed by atoms with Crippen molar-refractivity contribution in [3.63, 3.8) is 0 Å². The average molecular weight is 199 g/mol. The molecule has 0 aromatic carbocycles. The van der Waals surface area contributed by atoms with E-state index in [2.05, 4.69) is 5.32 Å². The molecular weight excluding hydrogens is 189 g/mol. The van der Waals surface area contributed by atoms with Crippen LogP contribution in [0.25, 0.3) is 0 Å². The Labute approximate surface area is 113 Å². The number of carboxylic acid groups (broad SMARTS) is 1. The second-order valence-electron chi connectivity index (χ2n) is 2.91.